The molecular formula is C45H83NO7. The van der Waals surface area contributed by atoms with Crippen LogP contribution in [0.2, 0.25) is 0 Å². The number of likely N-dealkylation sites (N-methyl/N-ethyl adjacent to an activating group) is 1. The number of nitrogens with zero attached hydrogens (tertiary/aromatic N) is 1. The molecule has 0 aromatic rings. The van der Waals surface area contributed by atoms with E-state index in [4.69, 9.17) is 14.2 Å². The van der Waals surface area contributed by atoms with Crippen molar-refractivity contribution < 1.29 is 38.2 Å². The number of aliphatic carboxylic acids is 1. The number of quaternary nitrogens is 1. The standard InChI is InChI=1S/C45H83NO7/c1-6-8-10-12-14-16-18-20-22-24-26-28-30-32-34-36-44(48)53-41(39-51-38-37-42(45(49)50)46(3,4)5)40-52-43(47)35-33-31-29-27-25-23-21-19-17-15-13-11-9-7-2/h14,16,18,20,41-42H,6-13,15,17,19,21-40H2,1-5H3/b16-14+,20-18+. The summed E-state index contributed by atoms with van der Waals surface area (Å²) in [6, 6.07) is -0.724. The van der Waals surface area contributed by atoms with Gasteiger partial charge in [-0.05, 0) is 38.5 Å². The third kappa shape index (κ3) is 35.3. The van der Waals surface area contributed by atoms with E-state index in [2.05, 4.69) is 38.2 Å². The lowest BCUT2D eigenvalue weighted by atomic mass is 10.0. The second-order valence-electron chi connectivity index (χ2n) is 16.0. The highest BCUT2D eigenvalue weighted by atomic mass is 16.6. The zero-order valence-electron chi connectivity index (χ0n) is 35.2. The molecule has 0 N–H and O–H groups in total. The Hall–Kier alpha value is -2.19. The van der Waals surface area contributed by atoms with Crippen LogP contribution in [0.1, 0.15) is 194 Å². The van der Waals surface area contributed by atoms with Gasteiger partial charge in [0.15, 0.2) is 6.10 Å². The van der Waals surface area contributed by atoms with Gasteiger partial charge in [-0.1, -0.05) is 160 Å². The number of rotatable bonds is 39. The summed E-state index contributed by atoms with van der Waals surface area (Å²) in [6.45, 7) is 4.63. The van der Waals surface area contributed by atoms with Crippen LogP contribution < -0.4 is 5.11 Å². The molecule has 0 saturated carbocycles. The number of carbonyl (C=O) groups excluding carboxylic acids is 3. The first-order valence-electron chi connectivity index (χ1n) is 21.9. The minimum atomic E-state index is -1.13. The molecule has 0 aliphatic rings. The van der Waals surface area contributed by atoms with Crippen LogP contribution in [0, 0.1) is 0 Å². The van der Waals surface area contributed by atoms with Crippen LogP contribution in [0.4, 0.5) is 0 Å². The summed E-state index contributed by atoms with van der Waals surface area (Å²) in [6.07, 6.45) is 39.0. The molecule has 0 radical (unpaired) electrons. The van der Waals surface area contributed by atoms with Crippen molar-refractivity contribution in [2.75, 3.05) is 41.0 Å². The minimum absolute atomic E-state index is 0.0396. The summed E-state index contributed by atoms with van der Waals surface area (Å²) >= 11 is 0. The molecule has 2 unspecified atom stereocenters. The Balaban J connectivity index is 4.36. The summed E-state index contributed by atoms with van der Waals surface area (Å²) in [5.74, 6) is -1.74. The molecule has 0 heterocycles. The quantitative estimate of drug-likeness (QED) is 0.0267. The first-order chi connectivity index (χ1) is 25.6. The number of hydrogen-bond donors (Lipinski definition) is 0. The van der Waals surface area contributed by atoms with E-state index in [1.54, 1.807) is 21.1 Å². The Kier molecular flexibility index (Phi) is 35.2. The van der Waals surface area contributed by atoms with Gasteiger partial charge in [0.2, 0.25) is 0 Å². The van der Waals surface area contributed by atoms with E-state index in [0.717, 1.165) is 57.8 Å². The average molecular weight is 750 g/mol. The van der Waals surface area contributed by atoms with Crippen LogP contribution >= 0.6 is 0 Å². The smallest absolute Gasteiger partial charge is 0.306 e. The fourth-order valence-electron chi connectivity index (χ4n) is 6.41. The van der Waals surface area contributed by atoms with E-state index in [9.17, 15) is 19.5 Å². The fourth-order valence-corrected chi connectivity index (χ4v) is 6.41. The molecule has 53 heavy (non-hydrogen) atoms. The number of ether oxygens (including phenoxy) is 3. The van der Waals surface area contributed by atoms with Gasteiger partial charge in [-0.15, -0.1) is 0 Å². The predicted molar refractivity (Wildman–Crippen MR) is 217 cm³/mol. The van der Waals surface area contributed by atoms with Crippen molar-refractivity contribution >= 4 is 17.9 Å². The van der Waals surface area contributed by atoms with E-state index in [0.29, 0.717) is 12.8 Å². The topological polar surface area (TPSA) is 102 Å². The molecule has 0 amide bonds. The van der Waals surface area contributed by atoms with Gasteiger partial charge in [0.1, 0.15) is 12.6 Å². The summed E-state index contributed by atoms with van der Waals surface area (Å²) in [4.78, 5) is 36.8. The molecule has 2 atom stereocenters. The van der Waals surface area contributed by atoms with Crippen molar-refractivity contribution in [1.29, 1.82) is 0 Å². The van der Waals surface area contributed by atoms with Gasteiger partial charge >= 0.3 is 11.9 Å². The number of esters is 2. The fraction of sp³-hybridized carbons (Fsp3) is 0.844. The lowest BCUT2D eigenvalue weighted by molar-refractivity contribution is -0.889. The van der Waals surface area contributed by atoms with Crippen molar-refractivity contribution in [3.63, 3.8) is 0 Å². The molecule has 0 spiro atoms. The van der Waals surface area contributed by atoms with Crippen LogP contribution in [0.3, 0.4) is 0 Å². The molecule has 0 fully saturated rings. The Bertz CT molecular complexity index is 926. The van der Waals surface area contributed by atoms with Gasteiger partial charge in [0.25, 0.3) is 0 Å². The van der Waals surface area contributed by atoms with Crippen LogP contribution in [0.25, 0.3) is 0 Å². The molecule has 0 aliphatic carbocycles. The van der Waals surface area contributed by atoms with Crippen LogP contribution in [0.15, 0.2) is 24.3 Å². The average Bonchev–Trinajstić information content (AvgIpc) is 3.11. The predicted octanol–water partition coefficient (Wildman–Crippen LogP) is 10.4. The number of carboxylic acid groups (broad SMARTS) is 1. The summed E-state index contributed by atoms with van der Waals surface area (Å²) in [7, 11) is 5.40. The number of hydrogen-bond acceptors (Lipinski definition) is 7. The maximum Gasteiger partial charge on any atom is 0.306 e. The second kappa shape index (κ2) is 36.8. The van der Waals surface area contributed by atoms with Crippen molar-refractivity contribution in [3.8, 4) is 0 Å². The molecule has 8 nitrogen and oxygen atoms in total. The van der Waals surface area contributed by atoms with Gasteiger partial charge in [0, 0.05) is 19.3 Å². The summed E-state index contributed by atoms with van der Waals surface area (Å²) in [5.41, 5.74) is 0. The highest BCUT2D eigenvalue weighted by molar-refractivity contribution is 5.70. The van der Waals surface area contributed by atoms with Crippen molar-refractivity contribution in [3.05, 3.63) is 24.3 Å². The van der Waals surface area contributed by atoms with Gasteiger partial charge in [-0.25, -0.2) is 0 Å². The zero-order valence-corrected chi connectivity index (χ0v) is 35.2. The van der Waals surface area contributed by atoms with E-state index in [1.165, 1.54) is 103 Å². The summed E-state index contributed by atoms with van der Waals surface area (Å²) in [5, 5.41) is 11.6. The molecule has 8 heteroatoms. The first-order valence-corrected chi connectivity index (χ1v) is 21.9. The first kappa shape index (κ1) is 50.8. The Labute approximate surface area is 326 Å². The highest BCUT2D eigenvalue weighted by Gasteiger charge is 2.25. The molecule has 0 rings (SSSR count). The molecule has 0 bridgehead atoms. The van der Waals surface area contributed by atoms with E-state index < -0.39 is 18.1 Å². The second-order valence-corrected chi connectivity index (χ2v) is 16.0. The maximum absolute atomic E-state index is 12.7. The number of carboxylic acids is 1. The molecule has 0 aromatic heterocycles. The van der Waals surface area contributed by atoms with E-state index in [1.807, 2.05) is 0 Å². The van der Waals surface area contributed by atoms with Gasteiger partial charge in [0.05, 0.1) is 40.3 Å². The Morgan fingerprint density at radius 2 is 0.981 bits per heavy atom. The minimum Gasteiger partial charge on any atom is -0.544 e. The number of unbranched alkanes of at least 4 members (excludes halogenated alkanes) is 22. The van der Waals surface area contributed by atoms with Crippen molar-refractivity contribution in [2.24, 2.45) is 0 Å². The van der Waals surface area contributed by atoms with Gasteiger partial charge in [-0.3, -0.25) is 9.59 Å². The van der Waals surface area contributed by atoms with Gasteiger partial charge < -0.3 is 28.6 Å². The normalized spacial score (nSPS) is 13.2. The summed E-state index contributed by atoms with van der Waals surface area (Å²) < 4.78 is 17.2. The highest BCUT2D eigenvalue weighted by Crippen LogP contribution is 2.15. The van der Waals surface area contributed by atoms with Crippen LogP contribution in [-0.4, -0.2) is 75.5 Å². The lowest BCUT2D eigenvalue weighted by Gasteiger charge is -2.34. The molecule has 0 aromatic carbocycles. The van der Waals surface area contributed by atoms with Crippen molar-refractivity contribution in [2.45, 2.75) is 206 Å². The Morgan fingerprint density at radius 1 is 0.566 bits per heavy atom. The lowest BCUT2D eigenvalue weighted by Crippen LogP contribution is -2.55. The third-order valence-corrected chi connectivity index (χ3v) is 9.87. The largest absolute Gasteiger partial charge is 0.544 e. The van der Waals surface area contributed by atoms with E-state index >= 15 is 0 Å². The third-order valence-electron chi connectivity index (χ3n) is 9.87. The molecule has 0 saturated heterocycles. The number of allylic oxidation sites excluding steroid dienone is 4. The zero-order chi connectivity index (χ0) is 39.3. The Morgan fingerprint density at radius 3 is 1.45 bits per heavy atom. The monoisotopic (exact) mass is 750 g/mol. The SMILES string of the molecule is CCCCC/C=C/C=C/CCCCCCCCC(=O)OC(COCCC(C(=O)[O-])[N+](C)(C)C)COC(=O)CCCCCCCCCCCCCCCC. The molecular weight excluding hydrogens is 666 g/mol. The van der Waals surface area contributed by atoms with Gasteiger partial charge in [-0.2, -0.15) is 0 Å². The van der Waals surface area contributed by atoms with E-state index in [-0.39, 0.29) is 42.7 Å². The molecule has 0 aliphatic heterocycles. The van der Waals surface area contributed by atoms with Crippen LogP contribution in [-0.2, 0) is 28.6 Å². The van der Waals surface area contributed by atoms with Crippen molar-refractivity contribution in [1.82, 2.24) is 0 Å². The van der Waals surface area contributed by atoms with Crippen LogP contribution in [0.5, 0.6) is 0 Å². The number of carbonyl (C=O) groups is 3. The molecule has 310 valence electrons. The maximum atomic E-state index is 12.7.